The predicted molar refractivity (Wildman–Crippen MR) is 133 cm³/mol. The molecule has 0 saturated carbocycles. The zero-order chi connectivity index (χ0) is 24.9. The van der Waals surface area contributed by atoms with Crippen LogP contribution in [0.4, 0.5) is 26.2 Å². The minimum atomic E-state index is -0.557. The van der Waals surface area contributed by atoms with Gasteiger partial charge in [-0.05, 0) is 26.0 Å². The fourth-order valence-corrected chi connectivity index (χ4v) is 3.99. The summed E-state index contributed by atoms with van der Waals surface area (Å²) in [4.78, 5) is 12.7. The standard InChI is InChI=1S/C24H30F2N8O/c1-16(15-35)29-22-13-23(31-24(27)30-22)34-17(2)18(14-28-34)4-3-5-32-6-8-33(9-7-32)21-11-19(25)10-20(26)12-21/h3-4,10-14,16,35H,5-9,15H2,1-2H3,(H3,27,29,30,31)/b4-3+/t16-/m0/s1. The van der Waals surface area contributed by atoms with Crippen LogP contribution < -0.4 is 16.0 Å². The highest BCUT2D eigenvalue weighted by atomic mass is 19.1. The SMILES string of the molecule is Cc1c(/C=C/CN2CCN(c3cc(F)cc(F)c3)CC2)cnn1-c1cc(N[C@@H](C)CO)nc(N)n1. The number of hydrogen-bond acceptors (Lipinski definition) is 8. The molecule has 1 aromatic carbocycles. The van der Waals surface area contributed by atoms with E-state index in [-0.39, 0.29) is 18.6 Å². The van der Waals surface area contributed by atoms with Gasteiger partial charge in [-0.25, -0.2) is 13.5 Å². The van der Waals surface area contributed by atoms with Gasteiger partial charge in [-0.15, -0.1) is 0 Å². The molecule has 1 atom stereocenters. The van der Waals surface area contributed by atoms with E-state index in [4.69, 9.17) is 5.73 Å². The monoisotopic (exact) mass is 484 g/mol. The third-order valence-corrected chi connectivity index (χ3v) is 5.91. The molecule has 2 aromatic heterocycles. The molecule has 9 nitrogen and oxygen atoms in total. The third kappa shape index (κ3) is 6.11. The number of piperazine rings is 1. The summed E-state index contributed by atoms with van der Waals surface area (Å²) in [5.74, 6) is 0.0480. The summed E-state index contributed by atoms with van der Waals surface area (Å²) in [5, 5.41) is 16.8. The minimum absolute atomic E-state index is 0.0343. The van der Waals surface area contributed by atoms with Gasteiger partial charge in [0.25, 0.3) is 0 Å². The number of halogens is 2. The van der Waals surface area contributed by atoms with E-state index < -0.39 is 11.6 Å². The van der Waals surface area contributed by atoms with E-state index in [1.807, 2.05) is 24.8 Å². The van der Waals surface area contributed by atoms with Crippen molar-refractivity contribution < 1.29 is 13.9 Å². The van der Waals surface area contributed by atoms with E-state index in [1.165, 1.54) is 12.1 Å². The second-order valence-electron chi connectivity index (χ2n) is 8.61. The molecule has 0 spiro atoms. The summed E-state index contributed by atoms with van der Waals surface area (Å²) in [6.45, 7) is 7.50. The zero-order valence-electron chi connectivity index (χ0n) is 19.8. The second-order valence-corrected chi connectivity index (χ2v) is 8.61. The topological polar surface area (TPSA) is 108 Å². The Morgan fingerprint density at radius 1 is 1.11 bits per heavy atom. The van der Waals surface area contributed by atoms with Gasteiger partial charge in [0.1, 0.15) is 17.5 Å². The van der Waals surface area contributed by atoms with Crippen LogP contribution in [0.3, 0.4) is 0 Å². The van der Waals surface area contributed by atoms with Crippen molar-refractivity contribution in [3.8, 4) is 5.82 Å². The van der Waals surface area contributed by atoms with Crippen molar-refractivity contribution in [2.45, 2.75) is 19.9 Å². The van der Waals surface area contributed by atoms with Crippen LogP contribution in [0, 0.1) is 18.6 Å². The first kappa shape index (κ1) is 24.6. The smallest absolute Gasteiger partial charge is 0.224 e. The Bertz CT molecular complexity index is 1170. The highest BCUT2D eigenvalue weighted by molar-refractivity contribution is 5.54. The molecule has 1 aliphatic rings. The lowest BCUT2D eigenvalue weighted by Crippen LogP contribution is -2.46. The van der Waals surface area contributed by atoms with E-state index in [0.29, 0.717) is 30.4 Å². The molecule has 0 radical (unpaired) electrons. The Morgan fingerprint density at radius 3 is 2.51 bits per heavy atom. The number of nitrogens with one attached hydrogen (secondary N) is 1. The highest BCUT2D eigenvalue weighted by Crippen LogP contribution is 2.20. The summed E-state index contributed by atoms with van der Waals surface area (Å²) in [6.07, 6.45) is 5.87. The molecule has 0 aliphatic carbocycles. The molecule has 0 bridgehead atoms. The maximum Gasteiger partial charge on any atom is 0.224 e. The lowest BCUT2D eigenvalue weighted by molar-refractivity contribution is 0.281. The Balaban J connectivity index is 1.36. The lowest BCUT2D eigenvalue weighted by Gasteiger charge is -2.35. The number of nitrogens with two attached hydrogens (primary N) is 1. The van der Waals surface area contributed by atoms with Gasteiger partial charge in [-0.1, -0.05) is 12.2 Å². The number of hydrogen-bond donors (Lipinski definition) is 3. The molecule has 3 heterocycles. The van der Waals surface area contributed by atoms with Crippen LogP contribution in [0.25, 0.3) is 11.9 Å². The number of nitrogen functional groups attached to an aromatic ring is 1. The summed E-state index contributed by atoms with van der Waals surface area (Å²) in [5.41, 5.74) is 8.30. The van der Waals surface area contributed by atoms with Gasteiger partial charge in [-0.2, -0.15) is 15.1 Å². The first-order valence-corrected chi connectivity index (χ1v) is 11.5. The van der Waals surface area contributed by atoms with Crippen molar-refractivity contribution in [3.63, 3.8) is 0 Å². The summed E-state index contributed by atoms with van der Waals surface area (Å²) in [7, 11) is 0. The molecular weight excluding hydrogens is 454 g/mol. The van der Waals surface area contributed by atoms with Crippen molar-refractivity contribution >= 4 is 23.5 Å². The van der Waals surface area contributed by atoms with Gasteiger partial charge in [0, 0.05) is 62.1 Å². The number of rotatable bonds is 8. The van der Waals surface area contributed by atoms with Gasteiger partial charge < -0.3 is 21.1 Å². The minimum Gasteiger partial charge on any atom is -0.394 e. The zero-order valence-corrected chi connectivity index (χ0v) is 19.8. The first-order chi connectivity index (χ1) is 16.8. The molecule has 3 aromatic rings. The predicted octanol–water partition coefficient (Wildman–Crippen LogP) is 2.46. The van der Waals surface area contributed by atoms with Gasteiger partial charge in [0.05, 0.1) is 18.5 Å². The molecule has 4 rings (SSSR count). The number of benzene rings is 1. The van der Waals surface area contributed by atoms with Gasteiger partial charge >= 0.3 is 0 Å². The van der Waals surface area contributed by atoms with Gasteiger partial charge in [0.15, 0.2) is 5.82 Å². The highest BCUT2D eigenvalue weighted by Gasteiger charge is 2.18. The average Bonchev–Trinajstić information content (AvgIpc) is 3.18. The quantitative estimate of drug-likeness (QED) is 0.448. The largest absolute Gasteiger partial charge is 0.394 e. The Morgan fingerprint density at radius 2 is 1.83 bits per heavy atom. The fraction of sp³-hybridized carbons (Fsp3) is 0.375. The van der Waals surface area contributed by atoms with E-state index >= 15 is 0 Å². The summed E-state index contributed by atoms with van der Waals surface area (Å²) < 4.78 is 28.7. The van der Waals surface area contributed by atoms with Gasteiger partial charge in [0.2, 0.25) is 5.95 Å². The molecule has 35 heavy (non-hydrogen) atoms. The summed E-state index contributed by atoms with van der Waals surface area (Å²) in [6, 6.07) is 5.20. The Labute approximate surface area is 202 Å². The van der Waals surface area contributed by atoms with E-state index in [9.17, 15) is 13.9 Å². The van der Waals surface area contributed by atoms with E-state index in [2.05, 4.69) is 31.4 Å². The van der Waals surface area contributed by atoms with Crippen molar-refractivity contribution in [1.29, 1.82) is 0 Å². The van der Waals surface area contributed by atoms with Crippen molar-refractivity contribution in [3.05, 3.63) is 59.4 Å². The number of nitrogens with zero attached hydrogens (tertiary/aromatic N) is 6. The number of anilines is 3. The molecule has 11 heteroatoms. The van der Waals surface area contributed by atoms with Crippen molar-refractivity contribution in [2.75, 3.05) is 55.3 Å². The lowest BCUT2D eigenvalue weighted by atomic mass is 10.2. The van der Waals surface area contributed by atoms with Crippen LogP contribution >= 0.6 is 0 Å². The normalized spacial score (nSPS) is 15.6. The molecule has 0 amide bonds. The van der Waals surface area contributed by atoms with Crippen LogP contribution in [0.15, 0.2) is 36.5 Å². The second kappa shape index (κ2) is 10.8. The van der Waals surface area contributed by atoms with Crippen molar-refractivity contribution in [2.24, 2.45) is 0 Å². The van der Waals surface area contributed by atoms with Crippen LogP contribution in [0.2, 0.25) is 0 Å². The summed E-state index contributed by atoms with van der Waals surface area (Å²) >= 11 is 0. The number of aromatic nitrogens is 4. The number of aliphatic hydroxyl groups excluding tert-OH is 1. The molecular formula is C24H30F2N8O. The Hall–Kier alpha value is -3.57. The Kier molecular flexibility index (Phi) is 7.57. The van der Waals surface area contributed by atoms with E-state index in [0.717, 1.165) is 37.0 Å². The van der Waals surface area contributed by atoms with E-state index in [1.54, 1.807) is 16.9 Å². The molecule has 1 saturated heterocycles. The first-order valence-electron chi connectivity index (χ1n) is 11.5. The molecule has 1 aliphatic heterocycles. The van der Waals surface area contributed by atoms with Crippen LogP contribution in [-0.4, -0.2) is 75.1 Å². The molecule has 186 valence electrons. The number of aliphatic hydroxyl groups is 1. The van der Waals surface area contributed by atoms with Crippen LogP contribution in [0.5, 0.6) is 0 Å². The van der Waals surface area contributed by atoms with Crippen LogP contribution in [0.1, 0.15) is 18.2 Å². The molecule has 1 fully saturated rings. The maximum atomic E-state index is 13.5. The third-order valence-electron chi connectivity index (χ3n) is 5.91. The molecule has 4 N–H and O–H groups in total. The van der Waals surface area contributed by atoms with Gasteiger partial charge in [-0.3, -0.25) is 4.90 Å². The maximum absolute atomic E-state index is 13.5. The fourth-order valence-electron chi connectivity index (χ4n) is 3.99. The van der Waals surface area contributed by atoms with Crippen LogP contribution in [-0.2, 0) is 0 Å². The van der Waals surface area contributed by atoms with Crippen molar-refractivity contribution in [1.82, 2.24) is 24.6 Å². The average molecular weight is 485 g/mol. The molecule has 0 unspecified atom stereocenters.